The van der Waals surface area contributed by atoms with Crippen LogP contribution in [0.5, 0.6) is 11.5 Å². The van der Waals surface area contributed by atoms with E-state index < -0.39 is 0 Å². The molecule has 5 heteroatoms. The Morgan fingerprint density at radius 2 is 2.00 bits per heavy atom. The van der Waals surface area contributed by atoms with Crippen LogP contribution in [0.15, 0.2) is 23.2 Å². The van der Waals surface area contributed by atoms with Gasteiger partial charge in [0.05, 0.1) is 14.2 Å². The zero-order valence-corrected chi connectivity index (χ0v) is 14.2. The molecule has 1 saturated carbocycles. The Morgan fingerprint density at radius 1 is 1.32 bits per heavy atom. The summed E-state index contributed by atoms with van der Waals surface area (Å²) < 4.78 is 10.6. The van der Waals surface area contributed by atoms with Crippen LogP contribution in [0.25, 0.3) is 0 Å². The summed E-state index contributed by atoms with van der Waals surface area (Å²) >= 11 is 0. The fourth-order valence-electron chi connectivity index (χ4n) is 2.47. The van der Waals surface area contributed by atoms with Gasteiger partial charge in [-0.3, -0.25) is 4.99 Å². The molecular weight excluding hydrogens is 278 g/mol. The molecule has 22 heavy (non-hydrogen) atoms. The average molecular weight is 305 g/mol. The molecule has 0 saturated heterocycles. The van der Waals surface area contributed by atoms with Crippen LogP contribution in [0.1, 0.15) is 18.9 Å². The highest BCUT2D eigenvalue weighted by Gasteiger charge is 2.33. The standard InChI is InChI=1S/C17H27N3O2/c1-12-10-14(12)19-17(18-2)20(3)9-8-13-6-7-15(21-4)16(11-13)22-5/h6-7,11-12,14H,8-10H2,1-5H3,(H,18,19). The van der Waals surface area contributed by atoms with Crippen molar-refractivity contribution in [3.63, 3.8) is 0 Å². The number of hydrogen-bond acceptors (Lipinski definition) is 3. The van der Waals surface area contributed by atoms with Gasteiger partial charge in [0.15, 0.2) is 17.5 Å². The molecule has 0 radical (unpaired) electrons. The van der Waals surface area contributed by atoms with Gasteiger partial charge in [0.25, 0.3) is 0 Å². The molecule has 5 nitrogen and oxygen atoms in total. The summed E-state index contributed by atoms with van der Waals surface area (Å²) in [4.78, 5) is 6.53. The number of rotatable bonds is 6. The summed E-state index contributed by atoms with van der Waals surface area (Å²) in [6.07, 6.45) is 2.17. The number of likely N-dealkylation sites (N-methyl/N-ethyl adjacent to an activating group) is 1. The molecule has 1 aliphatic carbocycles. The fraction of sp³-hybridized carbons (Fsp3) is 0.588. The highest BCUT2D eigenvalue weighted by atomic mass is 16.5. The predicted octanol–water partition coefficient (Wildman–Crippen LogP) is 2.16. The minimum Gasteiger partial charge on any atom is -0.493 e. The summed E-state index contributed by atoms with van der Waals surface area (Å²) in [5, 5.41) is 3.50. The number of ether oxygens (including phenoxy) is 2. The molecule has 1 aromatic carbocycles. The third kappa shape index (κ3) is 4.06. The molecular formula is C17H27N3O2. The second-order valence-electron chi connectivity index (χ2n) is 5.87. The van der Waals surface area contributed by atoms with Gasteiger partial charge in [0, 0.05) is 26.7 Å². The van der Waals surface area contributed by atoms with Crippen LogP contribution in [0.3, 0.4) is 0 Å². The Kier molecular flexibility index (Phi) is 5.52. The van der Waals surface area contributed by atoms with E-state index in [1.807, 2.05) is 19.2 Å². The van der Waals surface area contributed by atoms with Crippen molar-refractivity contribution >= 4 is 5.96 Å². The molecule has 1 N–H and O–H groups in total. The Balaban J connectivity index is 1.91. The maximum atomic E-state index is 5.35. The summed E-state index contributed by atoms with van der Waals surface area (Å²) in [5.74, 6) is 3.27. The van der Waals surface area contributed by atoms with Crippen molar-refractivity contribution in [3.05, 3.63) is 23.8 Å². The third-order valence-corrected chi connectivity index (χ3v) is 4.18. The van der Waals surface area contributed by atoms with Gasteiger partial charge in [-0.2, -0.15) is 0 Å². The minimum absolute atomic E-state index is 0.585. The zero-order valence-electron chi connectivity index (χ0n) is 14.2. The van der Waals surface area contributed by atoms with Crippen molar-refractivity contribution in [3.8, 4) is 11.5 Å². The molecule has 1 aliphatic rings. The molecule has 0 aromatic heterocycles. The van der Waals surface area contributed by atoms with Gasteiger partial charge in [0.2, 0.25) is 0 Å². The molecule has 122 valence electrons. The van der Waals surface area contributed by atoms with E-state index in [9.17, 15) is 0 Å². The maximum Gasteiger partial charge on any atom is 0.193 e. The van der Waals surface area contributed by atoms with Gasteiger partial charge in [-0.1, -0.05) is 13.0 Å². The van der Waals surface area contributed by atoms with E-state index in [0.717, 1.165) is 36.3 Å². The van der Waals surface area contributed by atoms with Gasteiger partial charge >= 0.3 is 0 Å². The first-order valence-electron chi connectivity index (χ1n) is 7.74. The van der Waals surface area contributed by atoms with Crippen LogP contribution in [0.4, 0.5) is 0 Å². The van der Waals surface area contributed by atoms with E-state index in [1.165, 1.54) is 12.0 Å². The van der Waals surface area contributed by atoms with Gasteiger partial charge in [-0.25, -0.2) is 0 Å². The summed E-state index contributed by atoms with van der Waals surface area (Å²) in [5.41, 5.74) is 1.22. The van der Waals surface area contributed by atoms with E-state index >= 15 is 0 Å². The van der Waals surface area contributed by atoms with Crippen molar-refractivity contribution in [1.82, 2.24) is 10.2 Å². The largest absolute Gasteiger partial charge is 0.493 e. The predicted molar refractivity (Wildman–Crippen MR) is 89.9 cm³/mol. The smallest absolute Gasteiger partial charge is 0.193 e. The van der Waals surface area contributed by atoms with Crippen LogP contribution < -0.4 is 14.8 Å². The van der Waals surface area contributed by atoms with Crippen molar-refractivity contribution in [2.45, 2.75) is 25.8 Å². The first-order valence-corrected chi connectivity index (χ1v) is 7.74. The van der Waals surface area contributed by atoms with Crippen LogP contribution in [0, 0.1) is 5.92 Å². The van der Waals surface area contributed by atoms with Gasteiger partial charge in [-0.15, -0.1) is 0 Å². The Hall–Kier alpha value is -1.91. The van der Waals surface area contributed by atoms with Crippen LogP contribution >= 0.6 is 0 Å². The van der Waals surface area contributed by atoms with Crippen molar-refractivity contribution < 1.29 is 9.47 Å². The van der Waals surface area contributed by atoms with Crippen LogP contribution in [-0.4, -0.2) is 51.8 Å². The quantitative estimate of drug-likeness (QED) is 0.646. The highest BCUT2D eigenvalue weighted by molar-refractivity contribution is 5.80. The van der Waals surface area contributed by atoms with Crippen LogP contribution in [0.2, 0.25) is 0 Å². The van der Waals surface area contributed by atoms with E-state index in [0.29, 0.717) is 6.04 Å². The normalized spacial score (nSPS) is 20.5. The first kappa shape index (κ1) is 16.5. The summed E-state index contributed by atoms with van der Waals surface area (Å²) in [6, 6.07) is 6.65. The first-order chi connectivity index (χ1) is 10.6. The number of guanidine groups is 1. The van der Waals surface area contributed by atoms with Gasteiger partial charge < -0.3 is 19.7 Å². The lowest BCUT2D eigenvalue weighted by Crippen LogP contribution is -2.41. The topological polar surface area (TPSA) is 46.1 Å². The SMILES string of the molecule is CN=C(NC1CC1C)N(C)CCc1ccc(OC)c(OC)c1. The maximum absolute atomic E-state index is 5.35. The zero-order chi connectivity index (χ0) is 16.1. The lowest BCUT2D eigenvalue weighted by Gasteiger charge is -2.22. The van der Waals surface area contributed by atoms with Crippen molar-refractivity contribution in [2.24, 2.45) is 10.9 Å². The summed E-state index contributed by atoms with van der Waals surface area (Å²) in [6.45, 7) is 3.16. The molecule has 0 amide bonds. The fourth-order valence-corrected chi connectivity index (χ4v) is 2.47. The van der Waals surface area contributed by atoms with E-state index in [1.54, 1.807) is 14.2 Å². The highest BCUT2D eigenvalue weighted by Crippen LogP contribution is 2.29. The lowest BCUT2D eigenvalue weighted by molar-refractivity contribution is 0.354. The number of nitrogens with one attached hydrogen (secondary N) is 1. The molecule has 0 heterocycles. The number of methoxy groups -OCH3 is 2. The Bertz CT molecular complexity index is 531. The Labute approximate surface area is 133 Å². The van der Waals surface area contributed by atoms with E-state index in [-0.39, 0.29) is 0 Å². The second-order valence-corrected chi connectivity index (χ2v) is 5.87. The minimum atomic E-state index is 0.585. The molecule has 1 fully saturated rings. The molecule has 2 rings (SSSR count). The second kappa shape index (κ2) is 7.38. The number of hydrogen-bond donors (Lipinski definition) is 1. The average Bonchev–Trinajstić information content (AvgIpc) is 3.24. The molecule has 0 spiro atoms. The number of nitrogens with zero attached hydrogens (tertiary/aromatic N) is 2. The van der Waals surface area contributed by atoms with Crippen molar-refractivity contribution in [2.75, 3.05) is 34.9 Å². The summed E-state index contributed by atoms with van der Waals surface area (Å²) in [7, 11) is 7.22. The number of aliphatic imine (C=N–C) groups is 1. The molecule has 0 bridgehead atoms. The van der Waals surface area contributed by atoms with Crippen LogP contribution in [-0.2, 0) is 6.42 Å². The van der Waals surface area contributed by atoms with Gasteiger partial charge in [0.1, 0.15) is 0 Å². The lowest BCUT2D eigenvalue weighted by atomic mass is 10.1. The number of benzene rings is 1. The van der Waals surface area contributed by atoms with Gasteiger partial charge in [-0.05, 0) is 36.5 Å². The third-order valence-electron chi connectivity index (χ3n) is 4.18. The molecule has 2 unspecified atom stereocenters. The van der Waals surface area contributed by atoms with E-state index in [4.69, 9.17) is 9.47 Å². The molecule has 0 aliphatic heterocycles. The van der Waals surface area contributed by atoms with E-state index in [2.05, 4.69) is 35.2 Å². The molecule has 2 atom stereocenters. The molecule has 1 aromatic rings. The monoisotopic (exact) mass is 305 g/mol. The Morgan fingerprint density at radius 3 is 2.55 bits per heavy atom. The van der Waals surface area contributed by atoms with Crippen molar-refractivity contribution in [1.29, 1.82) is 0 Å².